The lowest BCUT2D eigenvalue weighted by Crippen LogP contribution is -2.24. The third-order valence-corrected chi connectivity index (χ3v) is 4.10. The number of carbonyl (C=O) groups is 1. The number of aromatic nitrogens is 2. The molecule has 0 aliphatic heterocycles. The molecule has 0 aliphatic carbocycles. The molecule has 26 heavy (non-hydrogen) atoms. The van der Waals surface area contributed by atoms with Gasteiger partial charge in [-0.15, -0.1) is 0 Å². The lowest BCUT2D eigenvalue weighted by Gasteiger charge is -2.13. The number of hydrogen-bond acceptors (Lipinski definition) is 4. The van der Waals surface area contributed by atoms with E-state index in [-0.39, 0.29) is 5.91 Å². The third kappa shape index (κ3) is 4.25. The minimum atomic E-state index is -0.225. The van der Waals surface area contributed by atoms with Gasteiger partial charge in [-0.1, -0.05) is 48.0 Å². The van der Waals surface area contributed by atoms with Crippen LogP contribution in [0.1, 0.15) is 32.7 Å². The highest BCUT2D eigenvalue weighted by Gasteiger charge is 2.10. The van der Waals surface area contributed by atoms with Crippen molar-refractivity contribution >= 4 is 17.5 Å². The Morgan fingerprint density at radius 2 is 1.69 bits per heavy atom. The summed E-state index contributed by atoms with van der Waals surface area (Å²) in [6, 6.07) is 15.6. The molecule has 0 unspecified atom stereocenters. The summed E-state index contributed by atoms with van der Waals surface area (Å²) in [5.74, 6) is 0.184. The highest BCUT2D eigenvalue weighted by Crippen LogP contribution is 2.24. The number of carbonyl (C=O) groups excluding carboxylic acids is 1. The monoisotopic (exact) mass is 346 g/mol. The van der Waals surface area contributed by atoms with Crippen molar-refractivity contribution in [1.29, 1.82) is 0 Å². The fourth-order valence-corrected chi connectivity index (χ4v) is 2.90. The van der Waals surface area contributed by atoms with Crippen LogP contribution in [0.3, 0.4) is 0 Å². The van der Waals surface area contributed by atoms with Gasteiger partial charge in [0.25, 0.3) is 5.91 Å². The average molecular weight is 346 g/mol. The first-order valence-corrected chi connectivity index (χ1v) is 8.53. The van der Waals surface area contributed by atoms with Gasteiger partial charge in [0, 0.05) is 18.4 Å². The fraction of sp³-hybridized carbons (Fsp3) is 0.190. The number of nitrogens with one attached hydrogen (secondary N) is 2. The zero-order chi connectivity index (χ0) is 18.5. The molecular weight excluding hydrogens is 324 g/mol. The predicted octanol–water partition coefficient (Wildman–Crippen LogP) is 4.08. The molecule has 0 spiro atoms. The van der Waals surface area contributed by atoms with Crippen LogP contribution >= 0.6 is 0 Å². The number of aryl methyl sites for hydroxylation is 3. The molecule has 0 fully saturated rings. The first-order valence-electron chi connectivity index (χ1n) is 8.53. The Bertz CT molecular complexity index is 899. The number of anilines is 2. The van der Waals surface area contributed by atoms with Gasteiger partial charge < -0.3 is 10.6 Å². The molecule has 0 saturated heterocycles. The molecule has 0 saturated carbocycles. The Balaban J connectivity index is 1.73. The summed E-state index contributed by atoms with van der Waals surface area (Å²) >= 11 is 0. The van der Waals surface area contributed by atoms with Crippen molar-refractivity contribution in [2.45, 2.75) is 27.3 Å². The third-order valence-electron chi connectivity index (χ3n) is 4.10. The highest BCUT2D eigenvalue weighted by atomic mass is 16.1. The standard InChI is InChI=1S/C21H22N4O/c1-14-11-15(2)19(16(3)12-14)25-21-22-10-9-18(24-21)20(26)23-13-17-7-5-4-6-8-17/h4-12H,13H2,1-3H3,(H,23,26)(H,22,24,25). The number of amides is 1. The van der Waals surface area contributed by atoms with Crippen molar-refractivity contribution in [3.8, 4) is 0 Å². The molecule has 0 bridgehead atoms. The molecule has 1 heterocycles. The van der Waals surface area contributed by atoms with E-state index in [2.05, 4.69) is 39.7 Å². The van der Waals surface area contributed by atoms with E-state index in [0.29, 0.717) is 18.2 Å². The summed E-state index contributed by atoms with van der Waals surface area (Å²) in [4.78, 5) is 21.0. The maximum Gasteiger partial charge on any atom is 0.270 e. The molecule has 5 nitrogen and oxygen atoms in total. The first-order chi connectivity index (χ1) is 12.5. The van der Waals surface area contributed by atoms with Crippen LogP contribution in [-0.4, -0.2) is 15.9 Å². The average Bonchev–Trinajstić information content (AvgIpc) is 2.64. The SMILES string of the molecule is Cc1cc(C)c(Nc2nccc(C(=O)NCc3ccccc3)n2)c(C)c1. The molecule has 132 valence electrons. The van der Waals surface area contributed by atoms with Crippen molar-refractivity contribution in [2.24, 2.45) is 0 Å². The van der Waals surface area contributed by atoms with Crippen LogP contribution in [-0.2, 0) is 6.54 Å². The summed E-state index contributed by atoms with van der Waals surface area (Å²) in [7, 11) is 0. The quantitative estimate of drug-likeness (QED) is 0.731. The van der Waals surface area contributed by atoms with Gasteiger partial charge in [0.2, 0.25) is 5.95 Å². The molecule has 2 aromatic carbocycles. The van der Waals surface area contributed by atoms with E-state index in [1.165, 1.54) is 5.56 Å². The Morgan fingerprint density at radius 1 is 1.00 bits per heavy atom. The zero-order valence-electron chi connectivity index (χ0n) is 15.2. The van der Waals surface area contributed by atoms with Crippen molar-refractivity contribution in [3.05, 3.63) is 82.7 Å². The van der Waals surface area contributed by atoms with Crippen LogP contribution in [0.2, 0.25) is 0 Å². The maximum atomic E-state index is 12.4. The molecule has 5 heteroatoms. The molecule has 0 aliphatic rings. The minimum absolute atomic E-state index is 0.225. The largest absolute Gasteiger partial charge is 0.347 e. The highest BCUT2D eigenvalue weighted by molar-refractivity contribution is 5.92. The van der Waals surface area contributed by atoms with Gasteiger partial charge in [-0.2, -0.15) is 0 Å². The fourth-order valence-electron chi connectivity index (χ4n) is 2.90. The number of rotatable bonds is 5. The van der Waals surface area contributed by atoms with Gasteiger partial charge in [0.05, 0.1) is 0 Å². The Morgan fingerprint density at radius 3 is 2.38 bits per heavy atom. The summed E-state index contributed by atoms with van der Waals surface area (Å²) in [6.07, 6.45) is 1.59. The van der Waals surface area contributed by atoms with Gasteiger partial charge in [0.1, 0.15) is 5.69 Å². The molecule has 0 atom stereocenters. The van der Waals surface area contributed by atoms with Crippen LogP contribution in [0.25, 0.3) is 0 Å². The molecule has 0 radical (unpaired) electrons. The van der Waals surface area contributed by atoms with E-state index in [1.807, 2.05) is 44.2 Å². The molecule has 1 aromatic heterocycles. The van der Waals surface area contributed by atoms with Crippen LogP contribution in [0.5, 0.6) is 0 Å². The summed E-state index contributed by atoms with van der Waals surface area (Å²) in [5, 5.41) is 6.11. The summed E-state index contributed by atoms with van der Waals surface area (Å²) < 4.78 is 0. The van der Waals surface area contributed by atoms with E-state index in [9.17, 15) is 4.79 Å². The normalized spacial score (nSPS) is 10.4. The van der Waals surface area contributed by atoms with Gasteiger partial charge in [-0.05, 0) is 43.5 Å². The van der Waals surface area contributed by atoms with Crippen LogP contribution < -0.4 is 10.6 Å². The maximum absolute atomic E-state index is 12.4. The molecule has 3 rings (SSSR count). The van der Waals surface area contributed by atoms with Crippen LogP contribution in [0, 0.1) is 20.8 Å². The van der Waals surface area contributed by atoms with Gasteiger partial charge >= 0.3 is 0 Å². The first kappa shape index (κ1) is 17.6. The Labute approximate surface area is 153 Å². The van der Waals surface area contributed by atoms with Crippen molar-refractivity contribution in [1.82, 2.24) is 15.3 Å². The van der Waals surface area contributed by atoms with Crippen molar-refractivity contribution < 1.29 is 4.79 Å². The Hall–Kier alpha value is -3.21. The number of hydrogen-bond donors (Lipinski definition) is 2. The zero-order valence-corrected chi connectivity index (χ0v) is 15.2. The molecule has 3 aromatic rings. The smallest absolute Gasteiger partial charge is 0.270 e. The second-order valence-corrected chi connectivity index (χ2v) is 6.33. The van der Waals surface area contributed by atoms with E-state index in [0.717, 1.165) is 22.4 Å². The van der Waals surface area contributed by atoms with Crippen molar-refractivity contribution in [3.63, 3.8) is 0 Å². The summed E-state index contributed by atoms with van der Waals surface area (Å²) in [6.45, 7) is 6.61. The number of nitrogens with zero attached hydrogens (tertiary/aromatic N) is 2. The molecular formula is C21H22N4O. The van der Waals surface area contributed by atoms with Crippen molar-refractivity contribution in [2.75, 3.05) is 5.32 Å². The lowest BCUT2D eigenvalue weighted by atomic mass is 10.1. The van der Waals surface area contributed by atoms with E-state index < -0.39 is 0 Å². The van der Waals surface area contributed by atoms with Crippen LogP contribution in [0.15, 0.2) is 54.7 Å². The second-order valence-electron chi connectivity index (χ2n) is 6.33. The van der Waals surface area contributed by atoms with Crippen LogP contribution in [0.4, 0.5) is 11.6 Å². The summed E-state index contributed by atoms with van der Waals surface area (Å²) in [5.41, 5.74) is 5.79. The van der Waals surface area contributed by atoms with E-state index >= 15 is 0 Å². The van der Waals surface area contributed by atoms with Gasteiger partial charge in [-0.3, -0.25) is 4.79 Å². The molecule has 1 amide bonds. The number of benzene rings is 2. The van der Waals surface area contributed by atoms with E-state index in [4.69, 9.17) is 0 Å². The second kappa shape index (κ2) is 7.78. The van der Waals surface area contributed by atoms with Gasteiger partial charge in [0.15, 0.2) is 0 Å². The lowest BCUT2D eigenvalue weighted by molar-refractivity contribution is 0.0946. The Kier molecular flexibility index (Phi) is 5.27. The van der Waals surface area contributed by atoms with Gasteiger partial charge in [-0.25, -0.2) is 9.97 Å². The minimum Gasteiger partial charge on any atom is -0.347 e. The predicted molar refractivity (Wildman–Crippen MR) is 104 cm³/mol. The topological polar surface area (TPSA) is 66.9 Å². The van der Waals surface area contributed by atoms with E-state index in [1.54, 1.807) is 12.3 Å². The molecule has 2 N–H and O–H groups in total.